The van der Waals surface area contributed by atoms with Gasteiger partial charge in [0.25, 0.3) is 0 Å². The number of aromatic nitrogens is 2. The van der Waals surface area contributed by atoms with E-state index in [0.29, 0.717) is 0 Å². The Bertz CT molecular complexity index is 2530. The van der Waals surface area contributed by atoms with E-state index in [1.54, 1.807) is 11.3 Å². The number of hydrogen-bond acceptors (Lipinski definition) is 4. The minimum atomic E-state index is 0. The molecule has 4 aromatic heterocycles. The third kappa shape index (κ3) is 7.55. The minimum absolute atomic E-state index is 0. The molecule has 0 saturated carbocycles. The average Bonchev–Trinajstić information content (AvgIpc) is 3.66. The third-order valence-electron chi connectivity index (χ3n) is 9.55. The van der Waals surface area contributed by atoms with Gasteiger partial charge in [0, 0.05) is 58.4 Å². The summed E-state index contributed by atoms with van der Waals surface area (Å²) in [4.78, 5) is 10.7. The first-order valence-electron chi connectivity index (χ1n) is 17.6. The van der Waals surface area contributed by atoms with Crippen LogP contribution in [0.2, 0.25) is 0 Å². The molecule has 1 radical (unpaired) electrons. The SMILES string of the molecule is Cc1c[c-]c(-c2cc(C)c(C)cn2)cc1.Cc1cc2c(ccc3c4cc[c-]c(-c5cc(CC(C)(C)C)c(-c6c(C)cccc6C)cn5)c4oc23)s1.[Ir]. The van der Waals surface area contributed by atoms with E-state index >= 15 is 0 Å². The van der Waals surface area contributed by atoms with Gasteiger partial charge in [-0.25, -0.2) is 0 Å². The summed E-state index contributed by atoms with van der Waals surface area (Å²) >= 11 is 1.81. The number of aryl methyl sites for hydroxylation is 6. The molecule has 5 heteroatoms. The van der Waals surface area contributed by atoms with Gasteiger partial charge in [0.2, 0.25) is 0 Å². The molecule has 52 heavy (non-hydrogen) atoms. The quantitative estimate of drug-likeness (QED) is 0.165. The molecule has 0 aliphatic heterocycles. The van der Waals surface area contributed by atoms with Crippen molar-refractivity contribution in [1.82, 2.24) is 9.97 Å². The van der Waals surface area contributed by atoms with Gasteiger partial charge >= 0.3 is 0 Å². The molecule has 0 aliphatic rings. The predicted molar refractivity (Wildman–Crippen MR) is 217 cm³/mol. The summed E-state index contributed by atoms with van der Waals surface area (Å²) in [6.07, 6.45) is 4.93. The largest absolute Gasteiger partial charge is 0.500 e. The number of pyridine rings is 2. The van der Waals surface area contributed by atoms with Crippen LogP contribution in [0.5, 0.6) is 0 Å². The van der Waals surface area contributed by atoms with Gasteiger partial charge in [-0.1, -0.05) is 80.6 Å². The van der Waals surface area contributed by atoms with E-state index in [1.165, 1.54) is 59.5 Å². The molecule has 0 spiro atoms. The maximum Gasteiger partial charge on any atom is 0.129 e. The number of nitrogens with zero attached hydrogens (tertiary/aromatic N) is 2. The van der Waals surface area contributed by atoms with Crippen LogP contribution in [0, 0.1) is 59.1 Å². The Balaban J connectivity index is 0.000000244. The van der Waals surface area contributed by atoms with Crippen molar-refractivity contribution in [2.24, 2.45) is 5.41 Å². The first-order chi connectivity index (χ1) is 24.4. The molecule has 0 saturated heterocycles. The van der Waals surface area contributed by atoms with Gasteiger partial charge in [-0.15, -0.1) is 64.9 Å². The van der Waals surface area contributed by atoms with Crippen molar-refractivity contribution < 1.29 is 24.5 Å². The van der Waals surface area contributed by atoms with Gasteiger partial charge in [0.05, 0.1) is 5.58 Å². The number of benzene rings is 4. The van der Waals surface area contributed by atoms with Crippen LogP contribution in [0.3, 0.4) is 0 Å². The van der Waals surface area contributed by atoms with Gasteiger partial charge in [-0.2, -0.15) is 0 Å². The Morgan fingerprint density at radius 1 is 0.692 bits per heavy atom. The van der Waals surface area contributed by atoms with E-state index in [0.717, 1.165) is 50.9 Å². The summed E-state index contributed by atoms with van der Waals surface area (Å²) in [6.45, 7) is 19.6. The Kier molecular flexibility index (Phi) is 10.7. The van der Waals surface area contributed by atoms with Crippen LogP contribution >= 0.6 is 11.3 Å². The summed E-state index contributed by atoms with van der Waals surface area (Å²) < 4.78 is 7.85. The number of furan rings is 1. The molecule has 0 N–H and O–H groups in total. The smallest absolute Gasteiger partial charge is 0.129 e. The molecule has 0 aliphatic carbocycles. The Labute approximate surface area is 325 Å². The van der Waals surface area contributed by atoms with Crippen molar-refractivity contribution in [3.05, 3.63) is 142 Å². The van der Waals surface area contributed by atoms with Crippen LogP contribution in [0.25, 0.3) is 65.7 Å². The molecule has 0 bridgehead atoms. The normalized spacial score (nSPS) is 11.5. The Hall–Kier alpha value is -4.41. The molecule has 8 rings (SSSR count). The molecule has 4 heterocycles. The third-order valence-corrected chi connectivity index (χ3v) is 10.6. The molecular formula is C47H44IrN2OS-2. The Morgan fingerprint density at radius 3 is 2.12 bits per heavy atom. The van der Waals surface area contributed by atoms with Crippen LogP contribution in [-0.2, 0) is 26.5 Å². The summed E-state index contributed by atoms with van der Waals surface area (Å²) in [6, 6.07) is 34.4. The Morgan fingerprint density at radius 2 is 1.42 bits per heavy atom. The van der Waals surface area contributed by atoms with E-state index in [4.69, 9.17) is 9.40 Å². The summed E-state index contributed by atoms with van der Waals surface area (Å²) in [5, 5.41) is 3.44. The van der Waals surface area contributed by atoms with E-state index < -0.39 is 0 Å². The second-order valence-corrected chi connectivity index (χ2v) is 16.4. The van der Waals surface area contributed by atoms with Crippen molar-refractivity contribution in [2.45, 2.75) is 68.7 Å². The fourth-order valence-corrected chi connectivity index (χ4v) is 7.80. The van der Waals surface area contributed by atoms with Crippen LogP contribution < -0.4 is 0 Å². The number of fused-ring (bicyclic) bond motifs is 5. The first-order valence-corrected chi connectivity index (χ1v) is 18.4. The molecule has 0 unspecified atom stereocenters. The maximum absolute atomic E-state index is 6.59. The molecule has 265 valence electrons. The van der Waals surface area contributed by atoms with Crippen molar-refractivity contribution in [1.29, 1.82) is 0 Å². The predicted octanol–water partition coefficient (Wildman–Crippen LogP) is 13.3. The average molecular weight is 877 g/mol. The molecule has 0 amide bonds. The number of thiophene rings is 1. The summed E-state index contributed by atoms with van der Waals surface area (Å²) in [5.74, 6) is 0. The van der Waals surface area contributed by atoms with Gasteiger partial charge in [0.1, 0.15) is 5.58 Å². The second-order valence-electron chi connectivity index (χ2n) is 15.1. The van der Waals surface area contributed by atoms with E-state index in [-0.39, 0.29) is 25.5 Å². The van der Waals surface area contributed by atoms with E-state index in [1.807, 2.05) is 18.3 Å². The van der Waals surface area contributed by atoms with Gasteiger partial charge in [-0.3, -0.25) is 0 Å². The molecular weight excluding hydrogens is 833 g/mol. The zero-order valence-corrected chi connectivity index (χ0v) is 34.6. The van der Waals surface area contributed by atoms with Crippen LogP contribution in [0.15, 0.2) is 95.7 Å². The van der Waals surface area contributed by atoms with Crippen molar-refractivity contribution in [2.75, 3.05) is 0 Å². The van der Waals surface area contributed by atoms with Crippen LogP contribution in [0.4, 0.5) is 0 Å². The zero-order valence-electron chi connectivity index (χ0n) is 31.4. The van der Waals surface area contributed by atoms with Crippen molar-refractivity contribution in [3.63, 3.8) is 0 Å². The van der Waals surface area contributed by atoms with Crippen LogP contribution in [-0.4, -0.2) is 9.97 Å². The number of rotatable bonds is 4. The van der Waals surface area contributed by atoms with Crippen molar-refractivity contribution in [3.8, 4) is 33.6 Å². The fraction of sp³-hybridized carbons (Fsp3) is 0.234. The van der Waals surface area contributed by atoms with E-state index in [9.17, 15) is 0 Å². The topological polar surface area (TPSA) is 38.9 Å². The van der Waals surface area contributed by atoms with E-state index in [2.05, 4.69) is 152 Å². The van der Waals surface area contributed by atoms with Gasteiger partial charge in [-0.05, 0) is 97.8 Å². The summed E-state index contributed by atoms with van der Waals surface area (Å²) in [5.41, 5.74) is 15.9. The molecule has 4 aromatic carbocycles. The molecule has 0 fully saturated rings. The monoisotopic (exact) mass is 877 g/mol. The van der Waals surface area contributed by atoms with Gasteiger partial charge in [0.15, 0.2) is 0 Å². The fourth-order valence-electron chi connectivity index (χ4n) is 6.88. The molecule has 3 nitrogen and oxygen atoms in total. The zero-order chi connectivity index (χ0) is 36.0. The number of hydrogen-bond donors (Lipinski definition) is 0. The minimum Gasteiger partial charge on any atom is -0.500 e. The molecule has 0 atom stereocenters. The standard InChI is InChI=1S/C33H30NOS.C14H14N.Ir/c1-19-9-7-10-20(2)30(19)27-18-34-28(16-22(27)17-33(4,5)6)25-12-8-11-23-24-13-14-29-26(15-21(3)36-29)32(24)35-31(23)25;1-10-4-6-13(7-5-10)14-8-11(2)12(3)9-15-14;/h7-11,13-16,18H,17H2,1-6H3;4-6,8-9H,1-3H3;/q2*-1;. The summed E-state index contributed by atoms with van der Waals surface area (Å²) in [7, 11) is 0. The second kappa shape index (κ2) is 14.9. The van der Waals surface area contributed by atoms with Crippen LogP contribution in [0.1, 0.15) is 59.0 Å². The maximum atomic E-state index is 6.59. The van der Waals surface area contributed by atoms with Crippen molar-refractivity contribution >= 4 is 43.4 Å². The molecule has 8 aromatic rings. The van der Waals surface area contributed by atoms with Gasteiger partial charge < -0.3 is 14.4 Å². The first kappa shape index (κ1) is 37.3.